The molecule has 0 amide bonds. The molecule has 0 saturated carbocycles. The van der Waals surface area contributed by atoms with E-state index in [0.717, 1.165) is 6.42 Å². The Morgan fingerprint density at radius 2 is 2.33 bits per heavy atom. The van der Waals surface area contributed by atoms with Gasteiger partial charge in [-0.15, -0.1) is 0 Å². The summed E-state index contributed by atoms with van der Waals surface area (Å²) in [5.74, 6) is 0.277. The number of nitrogens with two attached hydrogens (primary N) is 1. The van der Waals surface area contributed by atoms with E-state index in [2.05, 4.69) is 41.7 Å². The highest BCUT2D eigenvalue weighted by atomic mass is 16.4. The Labute approximate surface area is 108 Å². The highest BCUT2D eigenvalue weighted by molar-refractivity contribution is 5.80. The van der Waals surface area contributed by atoms with Gasteiger partial charge in [-0.05, 0) is 37.3 Å². The summed E-state index contributed by atoms with van der Waals surface area (Å²) in [5.41, 5.74) is 8.37. The predicted octanol–water partition coefficient (Wildman–Crippen LogP) is 2.18. The summed E-state index contributed by atoms with van der Waals surface area (Å²) in [6.45, 7) is 2.06. The van der Waals surface area contributed by atoms with Gasteiger partial charge in [-0.1, -0.05) is 29.4 Å². The third kappa shape index (κ3) is 3.01. The van der Waals surface area contributed by atoms with Crippen LogP contribution in [0.3, 0.4) is 0 Å². The smallest absolute Gasteiger partial charge is 0.140 e. The molecule has 1 aromatic carbocycles. The second-order valence-corrected chi connectivity index (χ2v) is 5.01. The van der Waals surface area contributed by atoms with E-state index < -0.39 is 0 Å². The Morgan fingerprint density at radius 3 is 3.11 bits per heavy atom. The molecule has 4 nitrogen and oxygen atoms in total. The van der Waals surface area contributed by atoms with E-state index in [4.69, 9.17) is 10.9 Å². The van der Waals surface area contributed by atoms with Crippen molar-refractivity contribution in [3.05, 3.63) is 35.4 Å². The molecule has 2 atom stereocenters. The van der Waals surface area contributed by atoms with Crippen LogP contribution < -0.4 is 11.1 Å². The quantitative estimate of drug-likeness (QED) is 0.330. The fraction of sp³-hybridized carbons (Fsp3) is 0.500. The Kier molecular flexibility index (Phi) is 4.20. The van der Waals surface area contributed by atoms with Gasteiger partial charge in [0.1, 0.15) is 5.84 Å². The number of hydrogen-bond acceptors (Lipinski definition) is 3. The van der Waals surface area contributed by atoms with E-state index in [0.29, 0.717) is 12.5 Å². The van der Waals surface area contributed by atoms with E-state index in [1.165, 1.54) is 24.0 Å². The van der Waals surface area contributed by atoms with Gasteiger partial charge in [0, 0.05) is 18.5 Å². The minimum atomic E-state index is 0.206. The van der Waals surface area contributed by atoms with E-state index in [9.17, 15) is 0 Å². The SMILES string of the molecule is CC(C/C(N)=N/O)NC1CCCc2ccccc21. The number of aryl methyl sites for hydroxylation is 1. The summed E-state index contributed by atoms with van der Waals surface area (Å²) in [4.78, 5) is 0. The van der Waals surface area contributed by atoms with E-state index in [1.54, 1.807) is 0 Å². The Morgan fingerprint density at radius 1 is 1.56 bits per heavy atom. The molecule has 0 aromatic heterocycles. The van der Waals surface area contributed by atoms with E-state index >= 15 is 0 Å². The van der Waals surface area contributed by atoms with E-state index in [1.807, 2.05) is 0 Å². The maximum atomic E-state index is 8.58. The predicted molar refractivity (Wildman–Crippen MR) is 72.7 cm³/mol. The zero-order valence-electron chi connectivity index (χ0n) is 10.8. The first-order chi connectivity index (χ1) is 8.70. The number of rotatable bonds is 4. The maximum absolute atomic E-state index is 8.58. The summed E-state index contributed by atoms with van der Waals surface area (Å²) in [6.07, 6.45) is 4.10. The van der Waals surface area contributed by atoms with E-state index in [-0.39, 0.29) is 11.9 Å². The van der Waals surface area contributed by atoms with Crippen LogP contribution in [-0.4, -0.2) is 17.1 Å². The zero-order chi connectivity index (χ0) is 13.0. The van der Waals surface area contributed by atoms with Crippen molar-refractivity contribution in [2.45, 2.75) is 44.7 Å². The largest absolute Gasteiger partial charge is 0.409 e. The second kappa shape index (κ2) is 5.87. The number of amidine groups is 1. The van der Waals surface area contributed by atoms with Crippen molar-refractivity contribution in [1.29, 1.82) is 0 Å². The molecule has 0 radical (unpaired) electrons. The molecule has 0 spiro atoms. The number of oxime groups is 1. The summed E-state index contributed by atoms with van der Waals surface area (Å²) in [6, 6.07) is 9.18. The van der Waals surface area contributed by atoms with Crippen LogP contribution in [0, 0.1) is 0 Å². The fourth-order valence-corrected chi connectivity index (χ4v) is 2.68. The van der Waals surface area contributed by atoms with Gasteiger partial charge in [-0.25, -0.2) is 0 Å². The summed E-state index contributed by atoms with van der Waals surface area (Å²) >= 11 is 0. The Balaban J connectivity index is 2.03. The average molecular weight is 247 g/mol. The molecular formula is C14H21N3O. The van der Waals surface area contributed by atoms with Crippen LogP contribution in [0.4, 0.5) is 0 Å². The lowest BCUT2D eigenvalue weighted by atomic mass is 9.87. The molecule has 1 aliphatic rings. The first kappa shape index (κ1) is 12.9. The van der Waals surface area contributed by atoms with Gasteiger partial charge in [0.25, 0.3) is 0 Å². The minimum absolute atomic E-state index is 0.206. The van der Waals surface area contributed by atoms with Crippen molar-refractivity contribution < 1.29 is 5.21 Å². The molecule has 1 aliphatic carbocycles. The number of hydrogen-bond donors (Lipinski definition) is 3. The molecule has 0 aliphatic heterocycles. The van der Waals surface area contributed by atoms with Gasteiger partial charge in [0.05, 0.1) is 0 Å². The maximum Gasteiger partial charge on any atom is 0.140 e. The zero-order valence-corrected chi connectivity index (χ0v) is 10.8. The standard InChI is InChI=1S/C14H21N3O/c1-10(9-14(15)17-18)16-13-8-4-6-11-5-2-3-7-12(11)13/h2-3,5,7,10,13,16,18H,4,6,8-9H2,1H3,(H2,15,17). The van der Waals surface area contributed by atoms with Crippen LogP contribution in [0.25, 0.3) is 0 Å². The normalized spacial score (nSPS) is 21.4. The Bertz CT molecular complexity index is 431. The van der Waals surface area contributed by atoms with Gasteiger partial charge >= 0.3 is 0 Å². The van der Waals surface area contributed by atoms with Crippen molar-refractivity contribution >= 4 is 5.84 Å². The van der Waals surface area contributed by atoms with Crippen LogP contribution in [0.1, 0.15) is 43.4 Å². The lowest BCUT2D eigenvalue weighted by Crippen LogP contribution is -2.35. The van der Waals surface area contributed by atoms with Crippen molar-refractivity contribution in [3.8, 4) is 0 Å². The number of benzene rings is 1. The molecule has 1 aromatic rings. The first-order valence-electron chi connectivity index (χ1n) is 6.51. The first-order valence-corrected chi connectivity index (χ1v) is 6.51. The van der Waals surface area contributed by atoms with Crippen molar-refractivity contribution in [1.82, 2.24) is 5.32 Å². The number of fused-ring (bicyclic) bond motifs is 1. The molecule has 0 saturated heterocycles. The summed E-state index contributed by atoms with van der Waals surface area (Å²) in [5, 5.41) is 15.2. The third-order valence-electron chi connectivity index (χ3n) is 3.50. The van der Waals surface area contributed by atoms with Crippen LogP contribution in [0.15, 0.2) is 29.4 Å². The molecule has 98 valence electrons. The van der Waals surface area contributed by atoms with Crippen molar-refractivity contribution in [2.75, 3.05) is 0 Å². The van der Waals surface area contributed by atoms with Gasteiger partial charge < -0.3 is 16.3 Å². The van der Waals surface area contributed by atoms with Crippen LogP contribution in [0.2, 0.25) is 0 Å². The molecule has 4 N–H and O–H groups in total. The highest BCUT2D eigenvalue weighted by Gasteiger charge is 2.21. The highest BCUT2D eigenvalue weighted by Crippen LogP contribution is 2.29. The van der Waals surface area contributed by atoms with Crippen LogP contribution in [0.5, 0.6) is 0 Å². The summed E-state index contributed by atoms with van der Waals surface area (Å²) in [7, 11) is 0. The molecule has 2 rings (SSSR count). The molecule has 4 heteroatoms. The molecule has 0 fully saturated rings. The molecule has 2 unspecified atom stereocenters. The van der Waals surface area contributed by atoms with Gasteiger partial charge in [0.2, 0.25) is 0 Å². The second-order valence-electron chi connectivity index (χ2n) is 5.01. The molecule has 18 heavy (non-hydrogen) atoms. The number of nitrogens with one attached hydrogen (secondary N) is 1. The van der Waals surface area contributed by atoms with Gasteiger partial charge in [0.15, 0.2) is 0 Å². The lowest BCUT2D eigenvalue weighted by molar-refractivity contribution is 0.315. The monoisotopic (exact) mass is 247 g/mol. The van der Waals surface area contributed by atoms with Gasteiger partial charge in [-0.2, -0.15) is 0 Å². The lowest BCUT2D eigenvalue weighted by Gasteiger charge is -2.29. The van der Waals surface area contributed by atoms with Crippen molar-refractivity contribution in [2.24, 2.45) is 10.9 Å². The fourth-order valence-electron chi connectivity index (χ4n) is 2.68. The molecule has 0 bridgehead atoms. The summed E-state index contributed by atoms with van der Waals surface area (Å²) < 4.78 is 0. The average Bonchev–Trinajstić information content (AvgIpc) is 2.39. The topological polar surface area (TPSA) is 70.6 Å². The van der Waals surface area contributed by atoms with Crippen LogP contribution in [-0.2, 0) is 6.42 Å². The number of nitrogens with zero attached hydrogens (tertiary/aromatic N) is 1. The van der Waals surface area contributed by atoms with Gasteiger partial charge in [-0.3, -0.25) is 0 Å². The molecular weight excluding hydrogens is 226 g/mol. The van der Waals surface area contributed by atoms with Crippen molar-refractivity contribution in [3.63, 3.8) is 0 Å². The van der Waals surface area contributed by atoms with Crippen LogP contribution >= 0.6 is 0 Å². The Hall–Kier alpha value is -1.55. The minimum Gasteiger partial charge on any atom is -0.409 e. The third-order valence-corrected chi connectivity index (χ3v) is 3.50. The molecule has 0 heterocycles.